The lowest BCUT2D eigenvalue weighted by Gasteiger charge is -2.33. The number of hydrogen-bond donors (Lipinski definition) is 1. The van der Waals surface area contributed by atoms with Crippen LogP contribution >= 0.6 is 0 Å². The van der Waals surface area contributed by atoms with Gasteiger partial charge in [0.2, 0.25) is 27.6 Å². The van der Waals surface area contributed by atoms with Gasteiger partial charge in [-0.1, -0.05) is 18.2 Å². The molecule has 2 aliphatic heterocycles. The molecule has 0 bridgehead atoms. The quantitative estimate of drug-likeness (QED) is 0.208. The van der Waals surface area contributed by atoms with Crippen LogP contribution in [-0.4, -0.2) is 86.7 Å². The molecule has 5 heterocycles. The Kier molecular flexibility index (Phi) is 9.25. The summed E-state index contributed by atoms with van der Waals surface area (Å²) in [7, 11) is -4.13. The highest BCUT2D eigenvalue weighted by molar-refractivity contribution is 7.89. The van der Waals surface area contributed by atoms with Crippen LogP contribution in [0.5, 0.6) is 11.8 Å². The van der Waals surface area contributed by atoms with E-state index in [1.54, 1.807) is 45.9 Å². The highest BCUT2D eigenvalue weighted by Gasteiger charge is 2.53. The molecule has 16 heteroatoms. The predicted octanol–water partition coefficient (Wildman–Crippen LogP) is 5.90. The Labute approximate surface area is 306 Å². The molecule has 3 aromatic heterocycles. The van der Waals surface area contributed by atoms with Crippen molar-refractivity contribution >= 4 is 21.6 Å². The first-order chi connectivity index (χ1) is 24.9. The first kappa shape index (κ1) is 37.1. The van der Waals surface area contributed by atoms with Crippen molar-refractivity contribution in [1.82, 2.24) is 28.8 Å². The molecule has 53 heavy (non-hydrogen) atoms. The number of aliphatic carboxylic acids is 1. The second kappa shape index (κ2) is 13.2. The molecule has 0 amide bonds. The standard InChI is InChI=1S/C37H43F3N6O6S/c1-22-8-9-25(29(35(4,5)34(47)48)27-10-15-46-30(24(27)3)42-43-33(46)37(38,39)40)19-26(22)20-45-21-36(11-12-36)52-32-28(53(45,49)50)18-23(2)31(41-32)51-17-16-44-13-6-7-14-44/h8-10,15,18-19,29H,6-7,11-14,16-17,20-21H2,1-5H3,(H,47,48)/t29-/m1/s1. The van der Waals surface area contributed by atoms with E-state index in [1.807, 2.05) is 13.0 Å². The number of carboxylic acids is 1. The Morgan fingerprint density at radius 2 is 1.77 bits per heavy atom. The summed E-state index contributed by atoms with van der Waals surface area (Å²) in [5.74, 6) is -2.80. The Morgan fingerprint density at radius 1 is 1.06 bits per heavy atom. The van der Waals surface area contributed by atoms with Crippen molar-refractivity contribution in [3.05, 3.63) is 75.7 Å². The molecule has 1 saturated heterocycles. The average Bonchev–Trinajstić information content (AvgIpc) is 3.43. The number of aryl methyl sites for hydroxylation is 3. The topological polar surface area (TPSA) is 139 Å². The van der Waals surface area contributed by atoms with Gasteiger partial charge >= 0.3 is 12.1 Å². The molecule has 1 aliphatic carbocycles. The van der Waals surface area contributed by atoms with E-state index in [1.165, 1.54) is 29.4 Å². The summed E-state index contributed by atoms with van der Waals surface area (Å²) in [6.07, 6.45) is 0.0905. The number of aromatic nitrogens is 4. The van der Waals surface area contributed by atoms with Crippen LogP contribution < -0.4 is 9.47 Å². The number of carbonyl (C=O) groups is 1. The maximum Gasteiger partial charge on any atom is 0.452 e. The molecule has 1 N–H and O–H groups in total. The van der Waals surface area contributed by atoms with Crippen molar-refractivity contribution in [2.24, 2.45) is 5.41 Å². The van der Waals surface area contributed by atoms with E-state index in [0.717, 1.165) is 29.6 Å². The summed E-state index contributed by atoms with van der Waals surface area (Å²) >= 11 is 0. The molecule has 4 aromatic rings. The van der Waals surface area contributed by atoms with Crippen molar-refractivity contribution in [2.45, 2.75) is 89.4 Å². The van der Waals surface area contributed by atoms with Crippen LogP contribution in [0.3, 0.4) is 0 Å². The lowest BCUT2D eigenvalue weighted by Crippen LogP contribution is -2.38. The zero-order valence-electron chi connectivity index (χ0n) is 30.3. The smallest absolute Gasteiger partial charge is 0.452 e. The molecule has 1 spiro atoms. The third-order valence-electron chi connectivity index (χ3n) is 10.9. The first-order valence-electron chi connectivity index (χ1n) is 17.7. The van der Waals surface area contributed by atoms with Gasteiger partial charge in [-0.2, -0.15) is 22.5 Å². The van der Waals surface area contributed by atoms with Gasteiger partial charge in [-0.3, -0.25) is 14.1 Å². The minimum Gasteiger partial charge on any atom is -0.481 e. The second-order valence-corrected chi connectivity index (χ2v) is 17.0. The SMILES string of the molecule is Cc1ccc([C@H](c2ccn3c(C(F)(F)F)nnc3c2C)C(C)(C)C(=O)O)cc1CN1CC2(CC2)Oc2nc(OCCN3CCCC3)c(C)cc2S1(=O)=O. The summed E-state index contributed by atoms with van der Waals surface area (Å²) < 4.78 is 84.4. The van der Waals surface area contributed by atoms with Gasteiger partial charge in [0.25, 0.3) is 0 Å². The van der Waals surface area contributed by atoms with Gasteiger partial charge in [0.1, 0.15) is 17.1 Å². The number of rotatable bonds is 10. The van der Waals surface area contributed by atoms with Gasteiger partial charge in [-0.15, -0.1) is 10.2 Å². The highest BCUT2D eigenvalue weighted by atomic mass is 32.2. The number of sulfonamides is 1. The average molecular weight is 757 g/mol. The molecule has 12 nitrogen and oxygen atoms in total. The fraction of sp³-hybridized carbons (Fsp3) is 0.514. The third-order valence-corrected chi connectivity index (χ3v) is 12.7. The molecule has 284 valence electrons. The number of pyridine rings is 2. The van der Waals surface area contributed by atoms with E-state index in [4.69, 9.17) is 9.47 Å². The molecular weight excluding hydrogens is 714 g/mol. The van der Waals surface area contributed by atoms with E-state index in [-0.39, 0.29) is 29.5 Å². The number of ether oxygens (including phenoxy) is 2. The summed E-state index contributed by atoms with van der Waals surface area (Å²) in [6.45, 7) is 11.6. The Morgan fingerprint density at radius 3 is 2.43 bits per heavy atom. The van der Waals surface area contributed by atoms with Crippen LogP contribution in [0.2, 0.25) is 0 Å². The van der Waals surface area contributed by atoms with E-state index in [9.17, 15) is 31.5 Å². The fourth-order valence-corrected chi connectivity index (χ4v) is 9.13. The Hall–Kier alpha value is -4.28. The first-order valence-corrected chi connectivity index (χ1v) is 19.2. The van der Waals surface area contributed by atoms with Crippen molar-refractivity contribution in [3.8, 4) is 11.8 Å². The normalized spacial score (nSPS) is 19.2. The van der Waals surface area contributed by atoms with Crippen LogP contribution in [0.4, 0.5) is 13.2 Å². The maximum absolute atomic E-state index is 14.4. The summed E-state index contributed by atoms with van der Waals surface area (Å²) in [5.41, 5.74) is 1.13. The third kappa shape index (κ3) is 6.84. The molecule has 7 rings (SSSR count). The van der Waals surface area contributed by atoms with Crippen LogP contribution in [0, 0.1) is 26.2 Å². The summed E-state index contributed by atoms with van der Waals surface area (Å²) in [6, 6.07) is 8.40. The number of halogens is 3. The number of benzene rings is 1. The molecule has 0 unspecified atom stereocenters. The monoisotopic (exact) mass is 756 g/mol. The van der Waals surface area contributed by atoms with E-state index >= 15 is 0 Å². The number of hydrogen-bond acceptors (Lipinski definition) is 9. The predicted molar refractivity (Wildman–Crippen MR) is 187 cm³/mol. The number of alkyl halides is 3. The fourth-order valence-electron chi connectivity index (χ4n) is 7.50. The van der Waals surface area contributed by atoms with E-state index in [2.05, 4.69) is 20.1 Å². The Balaban J connectivity index is 1.24. The summed E-state index contributed by atoms with van der Waals surface area (Å²) in [4.78, 5) is 19.6. The molecule has 1 aromatic carbocycles. The highest BCUT2D eigenvalue weighted by Crippen LogP contribution is 2.48. The molecule has 1 saturated carbocycles. The second-order valence-electron chi connectivity index (χ2n) is 15.1. The molecule has 3 aliphatic rings. The molecule has 0 radical (unpaired) electrons. The number of nitrogens with zero attached hydrogens (tertiary/aromatic N) is 6. The number of fused-ring (bicyclic) bond motifs is 2. The minimum atomic E-state index is -4.74. The Bertz CT molecular complexity index is 2190. The van der Waals surface area contributed by atoms with Crippen LogP contribution in [0.25, 0.3) is 5.65 Å². The van der Waals surface area contributed by atoms with Gasteiger partial charge in [-0.05, 0) is 113 Å². The number of likely N-dealkylation sites (tertiary alicyclic amines) is 1. The van der Waals surface area contributed by atoms with Gasteiger partial charge in [0, 0.05) is 30.8 Å². The molecular formula is C37H43F3N6O6S. The number of carboxylic acid groups (broad SMARTS) is 1. The summed E-state index contributed by atoms with van der Waals surface area (Å²) in [5, 5.41) is 17.6. The van der Waals surface area contributed by atoms with Crippen LogP contribution in [-0.2, 0) is 27.5 Å². The lowest BCUT2D eigenvalue weighted by atomic mass is 9.70. The zero-order chi connectivity index (χ0) is 38.1. The molecule has 1 atom stereocenters. The van der Waals surface area contributed by atoms with Crippen LogP contribution in [0.15, 0.2) is 41.4 Å². The van der Waals surface area contributed by atoms with E-state index in [0.29, 0.717) is 53.1 Å². The minimum absolute atomic E-state index is 0.0218. The van der Waals surface area contributed by atoms with Crippen molar-refractivity contribution in [2.75, 3.05) is 32.8 Å². The van der Waals surface area contributed by atoms with Gasteiger partial charge in [0.15, 0.2) is 5.65 Å². The van der Waals surface area contributed by atoms with Crippen LogP contribution in [0.1, 0.15) is 84.7 Å². The van der Waals surface area contributed by atoms with Crippen molar-refractivity contribution in [3.63, 3.8) is 0 Å². The maximum atomic E-state index is 14.4. The van der Waals surface area contributed by atoms with Crippen molar-refractivity contribution < 1.29 is 41.0 Å². The van der Waals surface area contributed by atoms with Crippen molar-refractivity contribution in [1.29, 1.82) is 0 Å². The molecule has 2 fully saturated rings. The van der Waals surface area contributed by atoms with Gasteiger partial charge in [0.05, 0.1) is 12.0 Å². The largest absolute Gasteiger partial charge is 0.481 e. The lowest BCUT2D eigenvalue weighted by molar-refractivity contribution is -0.147. The zero-order valence-corrected chi connectivity index (χ0v) is 31.1. The van der Waals surface area contributed by atoms with Gasteiger partial charge < -0.3 is 14.6 Å². The van der Waals surface area contributed by atoms with Gasteiger partial charge in [-0.25, -0.2) is 8.42 Å². The van der Waals surface area contributed by atoms with E-state index < -0.39 is 44.9 Å².